The highest BCUT2D eigenvalue weighted by Crippen LogP contribution is 2.25. The van der Waals surface area contributed by atoms with Crippen molar-refractivity contribution in [2.75, 3.05) is 39.8 Å². The fourth-order valence-corrected chi connectivity index (χ4v) is 4.21. The van der Waals surface area contributed by atoms with Gasteiger partial charge < -0.3 is 14.8 Å². The van der Waals surface area contributed by atoms with Crippen LogP contribution < -0.4 is 10.9 Å². The normalized spacial score (nSPS) is 16.5. The van der Waals surface area contributed by atoms with Crippen LogP contribution in [0.5, 0.6) is 0 Å². The number of guanidine groups is 1. The summed E-state index contributed by atoms with van der Waals surface area (Å²) in [6.45, 7) is 7.97. The van der Waals surface area contributed by atoms with Gasteiger partial charge >= 0.3 is 0 Å². The molecule has 3 rings (SSSR count). The Kier molecular flexibility index (Phi) is 8.51. The molecular weight excluding hydrogens is 374 g/mol. The number of pyridine rings is 1. The molecule has 1 fully saturated rings. The Balaban J connectivity index is 1.41. The molecule has 0 amide bonds. The molecule has 2 heterocycles. The first-order chi connectivity index (χ1) is 14.7. The number of aliphatic imine (C=N–C) groups is 1. The number of nitrogens with one attached hydrogen (secondary N) is 1. The zero-order valence-corrected chi connectivity index (χ0v) is 18.3. The summed E-state index contributed by atoms with van der Waals surface area (Å²) in [7, 11) is 1.86. The molecule has 1 aliphatic heterocycles. The molecule has 1 aromatic carbocycles. The average Bonchev–Trinajstić information content (AvgIpc) is 2.79. The standard InChI is InChI=1S/C24H35N5O/c1-3-22(21-11-5-4-6-12-21)27-17-19-29(20-18-27)24(25-2)26-14-8-10-16-28-15-9-7-13-23(28)30/h4-7,9,11-13,15,22H,3,8,10,14,16-20H2,1-2H3,(H,25,26). The van der Waals surface area contributed by atoms with Gasteiger partial charge in [0.1, 0.15) is 0 Å². The summed E-state index contributed by atoms with van der Waals surface area (Å²) in [5.74, 6) is 0.985. The summed E-state index contributed by atoms with van der Waals surface area (Å²) in [4.78, 5) is 21.2. The topological polar surface area (TPSA) is 52.9 Å². The molecule has 0 spiro atoms. The van der Waals surface area contributed by atoms with E-state index in [9.17, 15) is 4.79 Å². The quantitative estimate of drug-likeness (QED) is 0.414. The van der Waals surface area contributed by atoms with Crippen molar-refractivity contribution in [3.8, 4) is 0 Å². The van der Waals surface area contributed by atoms with E-state index in [2.05, 4.69) is 57.4 Å². The van der Waals surface area contributed by atoms with Gasteiger partial charge in [-0.25, -0.2) is 0 Å². The minimum absolute atomic E-state index is 0.0695. The third-order valence-electron chi connectivity index (χ3n) is 5.85. The molecule has 6 heteroatoms. The van der Waals surface area contributed by atoms with E-state index < -0.39 is 0 Å². The van der Waals surface area contributed by atoms with Crippen LogP contribution in [0.3, 0.4) is 0 Å². The number of aromatic nitrogens is 1. The van der Waals surface area contributed by atoms with Crippen LogP contribution in [0.15, 0.2) is 64.5 Å². The summed E-state index contributed by atoms with van der Waals surface area (Å²) in [5, 5.41) is 3.50. The molecule has 1 atom stereocenters. The molecule has 1 aromatic heterocycles. The van der Waals surface area contributed by atoms with E-state index >= 15 is 0 Å². The van der Waals surface area contributed by atoms with Gasteiger partial charge in [-0.3, -0.25) is 14.7 Å². The van der Waals surface area contributed by atoms with Crippen LogP contribution in [0.2, 0.25) is 0 Å². The number of unbranched alkanes of at least 4 members (excludes halogenated alkanes) is 1. The van der Waals surface area contributed by atoms with Crippen LogP contribution in [-0.4, -0.2) is 60.1 Å². The summed E-state index contributed by atoms with van der Waals surface area (Å²) in [6, 6.07) is 16.6. The van der Waals surface area contributed by atoms with Crippen LogP contribution in [0.1, 0.15) is 37.8 Å². The molecule has 1 aliphatic rings. The predicted molar refractivity (Wildman–Crippen MR) is 124 cm³/mol. The van der Waals surface area contributed by atoms with Gasteiger partial charge in [0.15, 0.2) is 5.96 Å². The van der Waals surface area contributed by atoms with Gasteiger partial charge in [-0.1, -0.05) is 43.3 Å². The Bertz CT molecular complexity index is 840. The van der Waals surface area contributed by atoms with Crippen molar-refractivity contribution in [1.82, 2.24) is 19.7 Å². The molecule has 162 valence electrons. The van der Waals surface area contributed by atoms with E-state index in [-0.39, 0.29) is 5.56 Å². The third kappa shape index (κ3) is 5.95. The van der Waals surface area contributed by atoms with Crippen molar-refractivity contribution < 1.29 is 0 Å². The zero-order valence-electron chi connectivity index (χ0n) is 18.3. The van der Waals surface area contributed by atoms with Crippen LogP contribution in [0.4, 0.5) is 0 Å². The fourth-order valence-electron chi connectivity index (χ4n) is 4.21. The summed E-state index contributed by atoms with van der Waals surface area (Å²) >= 11 is 0. The summed E-state index contributed by atoms with van der Waals surface area (Å²) < 4.78 is 1.77. The smallest absolute Gasteiger partial charge is 0.250 e. The lowest BCUT2D eigenvalue weighted by atomic mass is 10.0. The molecule has 0 saturated carbocycles. The van der Waals surface area contributed by atoms with E-state index in [1.807, 2.05) is 19.3 Å². The monoisotopic (exact) mass is 409 g/mol. The first kappa shape index (κ1) is 22.1. The second kappa shape index (κ2) is 11.6. The Morgan fingerprint density at radius 3 is 2.43 bits per heavy atom. The van der Waals surface area contributed by atoms with E-state index in [1.54, 1.807) is 16.7 Å². The van der Waals surface area contributed by atoms with Gasteiger partial charge in [0.05, 0.1) is 0 Å². The maximum absolute atomic E-state index is 11.7. The SMILES string of the molecule is CCC(c1ccccc1)N1CCN(C(=NC)NCCCCn2ccccc2=O)CC1. The minimum Gasteiger partial charge on any atom is -0.356 e. The van der Waals surface area contributed by atoms with Crippen LogP contribution >= 0.6 is 0 Å². The van der Waals surface area contributed by atoms with Gasteiger partial charge in [0.2, 0.25) is 5.56 Å². The van der Waals surface area contributed by atoms with Gasteiger partial charge in [-0.2, -0.15) is 0 Å². The van der Waals surface area contributed by atoms with Crippen molar-refractivity contribution in [1.29, 1.82) is 0 Å². The molecule has 1 unspecified atom stereocenters. The van der Waals surface area contributed by atoms with Gasteiger partial charge in [-0.15, -0.1) is 0 Å². The Labute approximate surface area is 180 Å². The van der Waals surface area contributed by atoms with Crippen molar-refractivity contribution in [2.45, 2.75) is 38.8 Å². The number of aryl methyl sites for hydroxylation is 1. The number of benzene rings is 1. The largest absolute Gasteiger partial charge is 0.356 e. The highest BCUT2D eigenvalue weighted by atomic mass is 16.1. The highest BCUT2D eigenvalue weighted by molar-refractivity contribution is 5.79. The first-order valence-electron chi connectivity index (χ1n) is 11.1. The Morgan fingerprint density at radius 2 is 1.77 bits per heavy atom. The lowest BCUT2D eigenvalue weighted by Crippen LogP contribution is -2.53. The van der Waals surface area contributed by atoms with Gasteiger partial charge in [0.25, 0.3) is 0 Å². The van der Waals surface area contributed by atoms with E-state index in [0.29, 0.717) is 6.04 Å². The molecule has 0 aliphatic carbocycles. The number of nitrogens with zero attached hydrogens (tertiary/aromatic N) is 4. The lowest BCUT2D eigenvalue weighted by Gasteiger charge is -2.40. The summed E-state index contributed by atoms with van der Waals surface area (Å²) in [6.07, 6.45) is 4.96. The predicted octanol–water partition coefficient (Wildman–Crippen LogP) is 2.97. The second-order valence-corrected chi connectivity index (χ2v) is 7.77. The summed E-state index contributed by atoms with van der Waals surface area (Å²) in [5.41, 5.74) is 1.48. The Morgan fingerprint density at radius 1 is 1.03 bits per heavy atom. The number of hydrogen-bond acceptors (Lipinski definition) is 3. The number of rotatable bonds is 8. The van der Waals surface area contributed by atoms with Crippen LogP contribution in [0, 0.1) is 0 Å². The minimum atomic E-state index is 0.0695. The Hall–Kier alpha value is -2.60. The van der Waals surface area contributed by atoms with Gasteiger partial charge in [0, 0.05) is 64.6 Å². The van der Waals surface area contributed by atoms with E-state index in [4.69, 9.17) is 0 Å². The van der Waals surface area contributed by atoms with E-state index in [1.165, 1.54) is 5.56 Å². The maximum atomic E-state index is 11.7. The van der Waals surface area contributed by atoms with E-state index in [0.717, 1.165) is 64.5 Å². The van der Waals surface area contributed by atoms with Crippen LogP contribution in [-0.2, 0) is 6.54 Å². The second-order valence-electron chi connectivity index (χ2n) is 7.77. The van der Waals surface area contributed by atoms with Gasteiger partial charge in [-0.05, 0) is 30.9 Å². The van der Waals surface area contributed by atoms with Crippen molar-refractivity contribution in [3.05, 3.63) is 70.6 Å². The average molecular weight is 410 g/mol. The molecule has 0 bridgehead atoms. The number of piperazine rings is 1. The molecule has 30 heavy (non-hydrogen) atoms. The third-order valence-corrected chi connectivity index (χ3v) is 5.85. The zero-order chi connectivity index (χ0) is 21.2. The highest BCUT2D eigenvalue weighted by Gasteiger charge is 2.25. The first-order valence-corrected chi connectivity index (χ1v) is 11.1. The maximum Gasteiger partial charge on any atom is 0.250 e. The molecule has 1 saturated heterocycles. The molecule has 2 aromatic rings. The lowest BCUT2D eigenvalue weighted by molar-refractivity contribution is 0.127. The molecular formula is C24H35N5O. The van der Waals surface area contributed by atoms with Crippen LogP contribution in [0.25, 0.3) is 0 Å². The van der Waals surface area contributed by atoms with Crippen molar-refractivity contribution in [2.24, 2.45) is 4.99 Å². The number of hydrogen-bond donors (Lipinski definition) is 1. The fraction of sp³-hybridized carbons (Fsp3) is 0.500. The molecule has 0 radical (unpaired) electrons. The molecule has 1 N–H and O–H groups in total. The molecule has 6 nitrogen and oxygen atoms in total. The van der Waals surface area contributed by atoms with Crippen molar-refractivity contribution >= 4 is 5.96 Å². The van der Waals surface area contributed by atoms with Crippen molar-refractivity contribution in [3.63, 3.8) is 0 Å².